The summed E-state index contributed by atoms with van der Waals surface area (Å²) in [5, 5.41) is 5.67. The number of amides is 2. The normalized spacial score (nSPS) is 13.6. The SMILES string of the molecule is CCc1ccc(OC(C)C(=O)NCC(C)NC(=O)C(C)Oc2ccc(CC)cc2)cc1. The van der Waals surface area contributed by atoms with E-state index < -0.39 is 12.2 Å². The molecular formula is C25H34N2O4. The highest BCUT2D eigenvalue weighted by Crippen LogP contribution is 2.15. The summed E-state index contributed by atoms with van der Waals surface area (Å²) in [7, 11) is 0. The Morgan fingerprint density at radius 2 is 1.16 bits per heavy atom. The Morgan fingerprint density at radius 1 is 0.742 bits per heavy atom. The molecule has 6 nitrogen and oxygen atoms in total. The van der Waals surface area contributed by atoms with Crippen molar-refractivity contribution >= 4 is 11.8 Å². The van der Waals surface area contributed by atoms with Crippen LogP contribution in [0.4, 0.5) is 0 Å². The Labute approximate surface area is 185 Å². The fourth-order valence-electron chi connectivity index (χ4n) is 2.93. The van der Waals surface area contributed by atoms with Crippen LogP contribution in [0.1, 0.15) is 45.7 Å². The Hall–Kier alpha value is -3.02. The van der Waals surface area contributed by atoms with Crippen LogP contribution in [0.5, 0.6) is 11.5 Å². The van der Waals surface area contributed by atoms with E-state index in [0.29, 0.717) is 18.0 Å². The lowest BCUT2D eigenvalue weighted by Crippen LogP contribution is -2.48. The van der Waals surface area contributed by atoms with E-state index in [1.807, 2.05) is 55.5 Å². The lowest BCUT2D eigenvalue weighted by molar-refractivity contribution is -0.129. The predicted molar refractivity (Wildman–Crippen MR) is 122 cm³/mol. The molecule has 0 spiro atoms. The Morgan fingerprint density at radius 3 is 1.58 bits per heavy atom. The predicted octanol–water partition coefficient (Wildman–Crippen LogP) is 3.67. The summed E-state index contributed by atoms with van der Waals surface area (Å²) in [4.78, 5) is 24.7. The van der Waals surface area contributed by atoms with Gasteiger partial charge in [0.1, 0.15) is 11.5 Å². The summed E-state index contributed by atoms with van der Waals surface area (Å²) in [5.74, 6) is 0.834. The van der Waals surface area contributed by atoms with Crippen molar-refractivity contribution in [3.63, 3.8) is 0 Å². The van der Waals surface area contributed by atoms with Crippen LogP contribution < -0.4 is 20.1 Å². The molecule has 0 aliphatic carbocycles. The number of carbonyl (C=O) groups is 2. The topological polar surface area (TPSA) is 76.7 Å². The highest BCUT2D eigenvalue weighted by atomic mass is 16.5. The maximum absolute atomic E-state index is 12.4. The number of nitrogens with one attached hydrogen (secondary N) is 2. The molecule has 0 saturated carbocycles. The number of hydrogen-bond acceptors (Lipinski definition) is 4. The van der Waals surface area contributed by atoms with Gasteiger partial charge in [-0.15, -0.1) is 0 Å². The second kappa shape index (κ2) is 12.0. The molecule has 2 N–H and O–H groups in total. The molecule has 2 rings (SSSR count). The first-order chi connectivity index (χ1) is 14.8. The standard InChI is InChI=1S/C25H34N2O4/c1-6-20-8-12-22(13-9-20)30-18(4)24(28)26-16-17(3)27-25(29)19(5)31-23-14-10-21(7-2)11-15-23/h8-15,17-19H,6-7,16H2,1-5H3,(H,26,28)(H,27,29). The van der Waals surface area contributed by atoms with E-state index in [1.54, 1.807) is 13.8 Å². The van der Waals surface area contributed by atoms with E-state index in [2.05, 4.69) is 24.5 Å². The molecule has 0 fully saturated rings. The number of carbonyl (C=O) groups excluding carboxylic acids is 2. The molecule has 3 unspecified atom stereocenters. The average molecular weight is 427 g/mol. The van der Waals surface area contributed by atoms with Crippen molar-refractivity contribution in [2.24, 2.45) is 0 Å². The molecule has 168 valence electrons. The van der Waals surface area contributed by atoms with Crippen LogP contribution in [0.25, 0.3) is 0 Å². The highest BCUT2D eigenvalue weighted by molar-refractivity contribution is 5.82. The maximum atomic E-state index is 12.4. The van der Waals surface area contributed by atoms with Crippen molar-refractivity contribution in [1.29, 1.82) is 0 Å². The van der Waals surface area contributed by atoms with Crippen molar-refractivity contribution in [2.75, 3.05) is 6.54 Å². The van der Waals surface area contributed by atoms with Crippen LogP contribution in [0.3, 0.4) is 0 Å². The summed E-state index contributed by atoms with van der Waals surface area (Å²) in [6, 6.07) is 15.1. The van der Waals surface area contributed by atoms with E-state index in [1.165, 1.54) is 11.1 Å². The van der Waals surface area contributed by atoms with Gasteiger partial charge < -0.3 is 20.1 Å². The van der Waals surface area contributed by atoms with Gasteiger partial charge in [0.25, 0.3) is 11.8 Å². The van der Waals surface area contributed by atoms with Crippen molar-refractivity contribution in [3.05, 3.63) is 59.7 Å². The molecule has 3 atom stereocenters. The molecule has 2 amide bonds. The van der Waals surface area contributed by atoms with Gasteiger partial charge in [-0.1, -0.05) is 38.1 Å². The van der Waals surface area contributed by atoms with Crippen LogP contribution in [0, 0.1) is 0 Å². The first kappa shape index (κ1) is 24.3. The number of benzene rings is 2. The second-order valence-corrected chi connectivity index (χ2v) is 7.67. The van der Waals surface area contributed by atoms with Crippen LogP contribution in [-0.4, -0.2) is 36.6 Å². The Balaban J connectivity index is 1.73. The van der Waals surface area contributed by atoms with E-state index in [-0.39, 0.29) is 17.9 Å². The summed E-state index contributed by atoms with van der Waals surface area (Å²) in [5.41, 5.74) is 2.43. The molecule has 0 heterocycles. The molecular weight excluding hydrogens is 392 g/mol. The van der Waals surface area contributed by atoms with Gasteiger partial charge in [0, 0.05) is 12.6 Å². The summed E-state index contributed by atoms with van der Waals surface area (Å²) < 4.78 is 11.4. The third-order valence-electron chi connectivity index (χ3n) is 5.00. The average Bonchev–Trinajstić information content (AvgIpc) is 2.78. The van der Waals surface area contributed by atoms with Gasteiger partial charge in [-0.3, -0.25) is 9.59 Å². The van der Waals surface area contributed by atoms with Gasteiger partial charge >= 0.3 is 0 Å². The molecule has 0 bridgehead atoms. The first-order valence-electron chi connectivity index (χ1n) is 10.9. The van der Waals surface area contributed by atoms with Crippen LogP contribution in [0.15, 0.2) is 48.5 Å². The van der Waals surface area contributed by atoms with Gasteiger partial charge in [0.15, 0.2) is 12.2 Å². The van der Waals surface area contributed by atoms with Gasteiger partial charge in [-0.05, 0) is 69.0 Å². The molecule has 0 saturated heterocycles. The monoisotopic (exact) mass is 426 g/mol. The Kier molecular flexibility index (Phi) is 9.38. The van der Waals surface area contributed by atoms with Crippen LogP contribution >= 0.6 is 0 Å². The minimum Gasteiger partial charge on any atom is -0.481 e. The van der Waals surface area contributed by atoms with Crippen LogP contribution in [0.2, 0.25) is 0 Å². The molecule has 2 aromatic rings. The summed E-state index contributed by atoms with van der Waals surface area (Å²) >= 11 is 0. The number of hydrogen-bond donors (Lipinski definition) is 2. The van der Waals surface area contributed by atoms with E-state index in [9.17, 15) is 9.59 Å². The molecule has 2 aromatic carbocycles. The second-order valence-electron chi connectivity index (χ2n) is 7.67. The van der Waals surface area contributed by atoms with Crippen molar-refractivity contribution < 1.29 is 19.1 Å². The van der Waals surface area contributed by atoms with Crippen LogP contribution in [-0.2, 0) is 22.4 Å². The lowest BCUT2D eigenvalue weighted by Gasteiger charge is -2.20. The molecule has 0 aliphatic rings. The fraction of sp³-hybridized carbons (Fsp3) is 0.440. The van der Waals surface area contributed by atoms with Crippen molar-refractivity contribution in [3.8, 4) is 11.5 Å². The highest BCUT2D eigenvalue weighted by Gasteiger charge is 2.19. The number of rotatable bonds is 11. The molecule has 6 heteroatoms. The fourth-order valence-corrected chi connectivity index (χ4v) is 2.93. The quantitative estimate of drug-likeness (QED) is 0.575. The molecule has 0 aromatic heterocycles. The van der Waals surface area contributed by atoms with Gasteiger partial charge in [0.05, 0.1) is 0 Å². The zero-order valence-corrected chi connectivity index (χ0v) is 19.1. The van der Waals surface area contributed by atoms with E-state index in [0.717, 1.165) is 12.8 Å². The molecule has 31 heavy (non-hydrogen) atoms. The van der Waals surface area contributed by atoms with Crippen molar-refractivity contribution in [2.45, 2.75) is 65.7 Å². The lowest BCUT2D eigenvalue weighted by atomic mass is 10.2. The smallest absolute Gasteiger partial charge is 0.261 e. The number of aryl methyl sites for hydroxylation is 2. The largest absolute Gasteiger partial charge is 0.481 e. The summed E-state index contributed by atoms with van der Waals surface area (Å²) in [6.07, 6.45) is 0.631. The minimum atomic E-state index is -0.640. The third kappa shape index (κ3) is 7.96. The maximum Gasteiger partial charge on any atom is 0.261 e. The first-order valence-corrected chi connectivity index (χ1v) is 10.9. The third-order valence-corrected chi connectivity index (χ3v) is 5.00. The van der Waals surface area contributed by atoms with Gasteiger partial charge in [0.2, 0.25) is 0 Å². The minimum absolute atomic E-state index is 0.235. The van der Waals surface area contributed by atoms with Crippen molar-refractivity contribution in [1.82, 2.24) is 10.6 Å². The zero-order valence-electron chi connectivity index (χ0n) is 19.1. The van der Waals surface area contributed by atoms with E-state index >= 15 is 0 Å². The van der Waals surface area contributed by atoms with Gasteiger partial charge in [-0.25, -0.2) is 0 Å². The number of ether oxygens (including phenoxy) is 2. The molecule has 0 aliphatic heterocycles. The van der Waals surface area contributed by atoms with E-state index in [4.69, 9.17) is 9.47 Å². The van der Waals surface area contributed by atoms with Gasteiger partial charge in [-0.2, -0.15) is 0 Å². The summed E-state index contributed by atoms with van der Waals surface area (Å²) in [6.45, 7) is 9.70. The zero-order chi connectivity index (χ0) is 22.8. The Bertz CT molecular complexity index is 834. The molecule has 0 radical (unpaired) electrons.